The van der Waals surface area contributed by atoms with Gasteiger partial charge in [0.05, 0.1) is 12.0 Å². The number of carbonyl (C=O) groups is 2. The Morgan fingerprint density at radius 2 is 2.31 bits per heavy atom. The molecule has 1 aliphatic rings. The van der Waals surface area contributed by atoms with Gasteiger partial charge in [0.15, 0.2) is 0 Å². The van der Waals surface area contributed by atoms with Crippen molar-refractivity contribution in [3.63, 3.8) is 0 Å². The monoisotopic (exact) mass is 230 g/mol. The summed E-state index contributed by atoms with van der Waals surface area (Å²) in [6.45, 7) is 3.93. The van der Waals surface area contributed by atoms with Crippen LogP contribution in [0.5, 0.6) is 0 Å². The van der Waals surface area contributed by atoms with Crippen molar-refractivity contribution in [1.82, 2.24) is 0 Å². The highest BCUT2D eigenvalue weighted by atomic mass is 16.6. The van der Waals surface area contributed by atoms with Crippen molar-refractivity contribution in [3.05, 3.63) is 0 Å². The van der Waals surface area contributed by atoms with E-state index >= 15 is 0 Å². The quantitative estimate of drug-likeness (QED) is 0.513. The molecule has 0 bridgehead atoms. The average molecular weight is 230 g/mol. The molecule has 1 rings (SSSR count). The standard InChI is InChI=1S/C11H18O5/c1-7(15-6-12)5-9(13)3-4-10-8(2)11(14)16-10/h6-10,13H,3-5H2,1-2H3. The summed E-state index contributed by atoms with van der Waals surface area (Å²) in [6.07, 6.45) is 0.740. The summed E-state index contributed by atoms with van der Waals surface area (Å²) in [4.78, 5) is 20.8. The number of hydrogen-bond acceptors (Lipinski definition) is 5. The van der Waals surface area contributed by atoms with E-state index in [4.69, 9.17) is 4.74 Å². The fourth-order valence-electron chi connectivity index (χ4n) is 1.76. The van der Waals surface area contributed by atoms with Gasteiger partial charge in [-0.25, -0.2) is 0 Å². The molecule has 0 radical (unpaired) electrons. The summed E-state index contributed by atoms with van der Waals surface area (Å²) in [5, 5.41) is 9.63. The normalized spacial score (nSPS) is 27.6. The van der Waals surface area contributed by atoms with Crippen LogP contribution in [-0.2, 0) is 19.1 Å². The molecular formula is C11H18O5. The first-order chi connectivity index (χ1) is 7.54. The van der Waals surface area contributed by atoms with E-state index in [9.17, 15) is 14.7 Å². The smallest absolute Gasteiger partial charge is 0.312 e. The van der Waals surface area contributed by atoms with Gasteiger partial charge >= 0.3 is 5.97 Å². The van der Waals surface area contributed by atoms with Gasteiger partial charge in [-0.2, -0.15) is 0 Å². The van der Waals surface area contributed by atoms with Crippen molar-refractivity contribution in [3.8, 4) is 0 Å². The van der Waals surface area contributed by atoms with Crippen LogP contribution in [0.3, 0.4) is 0 Å². The Labute approximate surface area is 94.7 Å². The third kappa shape index (κ3) is 3.48. The Balaban J connectivity index is 2.13. The first-order valence-corrected chi connectivity index (χ1v) is 5.52. The number of esters is 1. The molecule has 1 N–H and O–H groups in total. The molecular weight excluding hydrogens is 212 g/mol. The van der Waals surface area contributed by atoms with Crippen LogP contribution < -0.4 is 0 Å². The minimum atomic E-state index is -0.526. The summed E-state index contributed by atoms with van der Waals surface area (Å²) in [5.41, 5.74) is 0. The van der Waals surface area contributed by atoms with Crippen LogP contribution in [0.25, 0.3) is 0 Å². The lowest BCUT2D eigenvalue weighted by Gasteiger charge is -2.33. The van der Waals surface area contributed by atoms with E-state index in [0.29, 0.717) is 25.7 Å². The Morgan fingerprint density at radius 1 is 1.62 bits per heavy atom. The zero-order valence-corrected chi connectivity index (χ0v) is 9.59. The number of rotatable bonds is 7. The van der Waals surface area contributed by atoms with E-state index < -0.39 is 6.10 Å². The zero-order valence-electron chi connectivity index (χ0n) is 9.59. The average Bonchev–Trinajstić information content (AvgIpc) is 2.23. The topological polar surface area (TPSA) is 72.8 Å². The Bertz CT molecular complexity index is 253. The fourth-order valence-corrected chi connectivity index (χ4v) is 1.76. The fraction of sp³-hybridized carbons (Fsp3) is 0.818. The van der Waals surface area contributed by atoms with E-state index in [-0.39, 0.29) is 24.1 Å². The molecule has 0 amide bonds. The van der Waals surface area contributed by atoms with E-state index in [1.807, 2.05) is 6.92 Å². The highest BCUT2D eigenvalue weighted by Crippen LogP contribution is 2.26. The van der Waals surface area contributed by atoms with Crippen LogP contribution in [0, 0.1) is 5.92 Å². The summed E-state index contributed by atoms with van der Waals surface area (Å²) in [6, 6.07) is 0. The minimum Gasteiger partial charge on any atom is -0.465 e. The molecule has 4 atom stereocenters. The Kier molecular flexibility index (Phi) is 4.73. The predicted molar refractivity (Wildman–Crippen MR) is 55.5 cm³/mol. The third-order valence-electron chi connectivity index (χ3n) is 2.87. The SMILES string of the molecule is CC(CC(O)CCC1OC(=O)C1C)OC=O. The summed E-state index contributed by atoms with van der Waals surface area (Å²) < 4.78 is 9.59. The second-order valence-electron chi connectivity index (χ2n) is 4.27. The molecule has 0 saturated carbocycles. The van der Waals surface area contributed by atoms with Gasteiger partial charge in [-0.3, -0.25) is 9.59 Å². The first kappa shape index (κ1) is 13.0. The number of aliphatic hydroxyl groups excluding tert-OH is 1. The second kappa shape index (κ2) is 5.84. The summed E-state index contributed by atoms with van der Waals surface area (Å²) in [5.74, 6) is -0.229. The van der Waals surface area contributed by atoms with Gasteiger partial charge < -0.3 is 14.6 Å². The van der Waals surface area contributed by atoms with Crippen molar-refractivity contribution in [1.29, 1.82) is 0 Å². The summed E-state index contributed by atoms with van der Waals surface area (Å²) >= 11 is 0. The van der Waals surface area contributed by atoms with E-state index in [2.05, 4.69) is 4.74 Å². The van der Waals surface area contributed by atoms with Crippen molar-refractivity contribution < 1.29 is 24.2 Å². The maximum Gasteiger partial charge on any atom is 0.312 e. The van der Waals surface area contributed by atoms with Gasteiger partial charge in [-0.1, -0.05) is 0 Å². The van der Waals surface area contributed by atoms with Gasteiger partial charge in [0.25, 0.3) is 6.47 Å². The van der Waals surface area contributed by atoms with Gasteiger partial charge in [0.2, 0.25) is 0 Å². The molecule has 16 heavy (non-hydrogen) atoms. The molecule has 0 aromatic heterocycles. The molecule has 4 unspecified atom stereocenters. The third-order valence-corrected chi connectivity index (χ3v) is 2.87. The van der Waals surface area contributed by atoms with Crippen LogP contribution in [0.15, 0.2) is 0 Å². The lowest BCUT2D eigenvalue weighted by molar-refractivity contribution is -0.183. The zero-order chi connectivity index (χ0) is 12.1. The van der Waals surface area contributed by atoms with Gasteiger partial charge in [0.1, 0.15) is 12.2 Å². The summed E-state index contributed by atoms with van der Waals surface area (Å²) in [7, 11) is 0. The van der Waals surface area contributed by atoms with E-state index in [0.717, 1.165) is 0 Å². The second-order valence-corrected chi connectivity index (χ2v) is 4.27. The van der Waals surface area contributed by atoms with Crippen molar-refractivity contribution >= 4 is 12.4 Å². The van der Waals surface area contributed by atoms with Crippen LogP contribution in [0.1, 0.15) is 33.1 Å². The number of carbonyl (C=O) groups excluding carboxylic acids is 2. The van der Waals surface area contributed by atoms with Crippen LogP contribution in [0.2, 0.25) is 0 Å². The number of aliphatic hydroxyl groups is 1. The van der Waals surface area contributed by atoms with Gasteiger partial charge in [-0.05, 0) is 26.7 Å². The molecule has 1 heterocycles. The predicted octanol–water partition coefficient (Wildman–Crippen LogP) is 0.641. The van der Waals surface area contributed by atoms with Crippen LogP contribution >= 0.6 is 0 Å². The molecule has 5 nitrogen and oxygen atoms in total. The van der Waals surface area contributed by atoms with E-state index in [1.54, 1.807) is 6.92 Å². The highest BCUT2D eigenvalue weighted by Gasteiger charge is 2.38. The molecule has 0 aromatic carbocycles. The van der Waals surface area contributed by atoms with Crippen LogP contribution in [0.4, 0.5) is 0 Å². The first-order valence-electron chi connectivity index (χ1n) is 5.52. The number of cyclic esters (lactones) is 1. The minimum absolute atomic E-state index is 0.0594. The van der Waals surface area contributed by atoms with Gasteiger partial charge in [0, 0.05) is 6.42 Å². The van der Waals surface area contributed by atoms with Gasteiger partial charge in [-0.15, -0.1) is 0 Å². The van der Waals surface area contributed by atoms with Crippen molar-refractivity contribution in [2.75, 3.05) is 0 Å². The van der Waals surface area contributed by atoms with Crippen molar-refractivity contribution in [2.45, 2.75) is 51.4 Å². The molecule has 0 spiro atoms. The molecule has 0 aromatic rings. The lowest BCUT2D eigenvalue weighted by Crippen LogP contribution is -2.43. The number of hydrogen-bond donors (Lipinski definition) is 1. The van der Waals surface area contributed by atoms with Crippen LogP contribution in [-0.4, -0.2) is 35.9 Å². The Hall–Kier alpha value is -1.10. The van der Waals surface area contributed by atoms with Crippen molar-refractivity contribution in [2.24, 2.45) is 5.92 Å². The highest BCUT2D eigenvalue weighted by molar-refractivity contribution is 5.77. The number of ether oxygens (including phenoxy) is 2. The Morgan fingerprint density at radius 3 is 2.81 bits per heavy atom. The van der Waals surface area contributed by atoms with E-state index in [1.165, 1.54) is 0 Å². The molecule has 5 heteroatoms. The largest absolute Gasteiger partial charge is 0.465 e. The molecule has 1 saturated heterocycles. The maximum absolute atomic E-state index is 10.8. The molecule has 0 aliphatic carbocycles. The molecule has 1 aliphatic heterocycles. The molecule has 1 fully saturated rings. The lowest BCUT2D eigenvalue weighted by atomic mass is 9.93. The molecule has 92 valence electrons. The maximum atomic E-state index is 10.8.